The summed E-state index contributed by atoms with van der Waals surface area (Å²) in [6.07, 6.45) is 1.41. The molecule has 2 aromatic rings. The van der Waals surface area contributed by atoms with Crippen LogP contribution >= 0.6 is 11.3 Å². The zero-order valence-electron chi connectivity index (χ0n) is 14.5. The van der Waals surface area contributed by atoms with Crippen molar-refractivity contribution in [2.75, 3.05) is 13.1 Å². The van der Waals surface area contributed by atoms with Crippen molar-refractivity contribution >= 4 is 17.2 Å². The van der Waals surface area contributed by atoms with Crippen LogP contribution in [-0.2, 0) is 17.8 Å². The van der Waals surface area contributed by atoms with Crippen LogP contribution in [0.5, 0.6) is 0 Å². The number of β-amino-alcohol motifs (C(OH)–C–C–N with tert-alkyl or cyclic N) is 1. The SMILES string of the molecule is Cc1ccc(CCC(=O)N[C@@H]2CCN(Cc3cscn3)C[C@H]2O)cc1. The zero-order chi connectivity index (χ0) is 17.6. The number of aliphatic hydroxyl groups excluding tert-OH is 1. The van der Waals surface area contributed by atoms with Gasteiger partial charge in [-0.15, -0.1) is 11.3 Å². The van der Waals surface area contributed by atoms with Gasteiger partial charge in [-0.05, 0) is 25.3 Å². The molecule has 1 aliphatic rings. The Morgan fingerprint density at radius 3 is 2.88 bits per heavy atom. The van der Waals surface area contributed by atoms with Crippen LogP contribution in [0.15, 0.2) is 35.2 Å². The standard InChI is InChI=1S/C19H25N3O2S/c1-14-2-4-15(5-3-14)6-7-19(24)21-17-8-9-22(11-18(17)23)10-16-12-25-13-20-16/h2-5,12-13,17-18,23H,6-11H2,1H3,(H,21,24)/t17-,18-/m1/s1. The van der Waals surface area contributed by atoms with Crippen molar-refractivity contribution in [3.8, 4) is 0 Å². The first-order valence-corrected chi connectivity index (χ1v) is 9.67. The molecule has 0 spiro atoms. The summed E-state index contributed by atoms with van der Waals surface area (Å²) < 4.78 is 0. The summed E-state index contributed by atoms with van der Waals surface area (Å²) >= 11 is 1.58. The van der Waals surface area contributed by atoms with Gasteiger partial charge < -0.3 is 10.4 Å². The third kappa shape index (κ3) is 5.36. The summed E-state index contributed by atoms with van der Waals surface area (Å²) in [4.78, 5) is 18.7. The lowest BCUT2D eigenvalue weighted by atomic mass is 10.0. The molecule has 1 aromatic carbocycles. The van der Waals surface area contributed by atoms with Crippen molar-refractivity contribution in [2.45, 2.75) is 44.9 Å². The fourth-order valence-electron chi connectivity index (χ4n) is 3.15. The molecule has 2 atom stereocenters. The smallest absolute Gasteiger partial charge is 0.220 e. The van der Waals surface area contributed by atoms with Gasteiger partial charge in [-0.3, -0.25) is 9.69 Å². The molecule has 2 N–H and O–H groups in total. The van der Waals surface area contributed by atoms with Crippen LogP contribution < -0.4 is 5.32 Å². The van der Waals surface area contributed by atoms with Crippen LogP contribution in [0.25, 0.3) is 0 Å². The quantitative estimate of drug-likeness (QED) is 0.829. The molecule has 0 aliphatic carbocycles. The Hall–Kier alpha value is -1.76. The molecule has 1 aliphatic heterocycles. The summed E-state index contributed by atoms with van der Waals surface area (Å²) in [5, 5.41) is 15.4. The number of carbonyl (C=O) groups is 1. The lowest BCUT2D eigenvalue weighted by Crippen LogP contribution is -2.53. The van der Waals surface area contributed by atoms with Gasteiger partial charge in [0.25, 0.3) is 0 Å². The third-order valence-corrected chi connectivity index (χ3v) is 5.28. The average Bonchev–Trinajstić information content (AvgIpc) is 3.10. The molecular weight excluding hydrogens is 334 g/mol. The van der Waals surface area contributed by atoms with Crippen LogP contribution in [0.3, 0.4) is 0 Å². The number of rotatable bonds is 6. The topological polar surface area (TPSA) is 65.5 Å². The minimum atomic E-state index is -0.532. The van der Waals surface area contributed by atoms with E-state index in [2.05, 4.69) is 46.4 Å². The second-order valence-electron chi connectivity index (χ2n) is 6.73. The number of aliphatic hydroxyl groups is 1. The second-order valence-corrected chi connectivity index (χ2v) is 7.45. The Kier molecular flexibility index (Phi) is 6.18. The number of nitrogens with one attached hydrogen (secondary N) is 1. The minimum Gasteiger partial charge on any atom is -0.390 e. The Morgan fingerprint density at radius 1 is 1.40 bits per heavy atom. The highest BCUT2D eigenvalue weighted by atomic mass is 32.1. The molecule has 5 nitrogen and oxygen atoms in total. The van der Waals surface area contributed by atoms with Crippen LogP contribution in [0.2, 0.25) is 0 Å². The number of hydrogen-bond donors (Lipinski definition) is 2. The first kappa shape index (κ1) is 18.0. The highest BCUT2D eigenvalue weighted by Crippen LogP contribution is 2.15. The Balaban J connectivity index is 1.42. The average molecular weight is 359 g/mol. The molecule has 0 radical (unpaired) electrons. The number of aryl methyl sites for hydroxylation is 2. The van der Waals surface area contributed by atoms with E-state index in [9.17, 15) is 9.90 Å². The first-order valence-electron chi connectivity index (χ1n) is 8.72. The second kappa shape index (κ2) is 8.56. The molecule has 25 heavy (non-hydrogen) atoms. The van der Waals surface area contributed by atoms with Crippen molar-refractivity contribution in [1.82, 2.24) is 15.2 Å². The maximum absolute atomic E-state index is 12.2. The van der Waals surface area contributed by atoms with E-state index in [1.54, 1.807) is 11.3 Å². The predicted octanol–water partition coefficient (Wildman–Crippen LogP) is 2.14. The van der Waals surface area contributed by atoms with Crippen molar-refractivity contribution < 1.29 is 9.90 Å². The van der Waals surface area contributed by atoms with E-state index >= 15 is 0 Å². The number of likely N-dealkylation sites (tertiary alicyclic amines) is 1. The number of amides is 1. The van der Waals surface area contributed by atoms with E-state index in [-0.39, 0.29) is 11.9 Å². The minimum absolute atomic E-state index is 0.0116. The number of aromatic nitrogens is 1. The maximum Gasteiger partial charge on any atom is 0.220 e. The summed E-state index contributed by atoms with van der Waals surface area (Å²) in [5.41, 5.74) is 5.25. The molecule has 6 heteroatoms. The molecule has 3 rings (SSSR count). The van der Waals surface area contributed by atoms with E-state index in [0.717, 1.165) is 31.6 Å². The van der Waals surface area contributed by atoms with Gasteiger partial charge in [0.1, 0.15) is 0 Å². The monoisotopic (exact) mass is 359 g/mol. The van der Waals surface area contributed by atoms with Gasteiger partial charge in [0.05, 0.1) is 23.4 Å². The Bertz CT molecular complexity index is 672. The van der Waals surface area contributed by atoms with E-state index in [4.69, 9.17) is 0 Å². The van der Waals surface area contributed by atoms with Gasteiger partial charge in [0.15, 0.2) is 0 Å². The lowest BCUT2D eigenvalue weighted by Gasteiger charge is -2.36. The van der Waals surface area contributed by atoms with Gasteiger partial charge >= 0.3 is 0 Å². The van der Waals surface area contributed by atoms with Crippen LogP contribution in [0.1, 0.15) is 29.7 Å². The van der Waals surface area contributed by atoms with Gasteiger partial charge in [-0.1, -0.05) is 29.8 Å². The highest BCUT2D eigenvalue weighted by molar-refractivity contribution is 7.07. The zero-order valence-corrected chi connectivity index (χ0v) is 15.3. The van der Waals surface area contributed by atoms with Gasteiger partial charge in [-0.25, -0.2) is 4.98 Å². The van der Waals surface area contributed by atoms with Gasteiger partial charge in [0, 0.05) is 31.4 Å². The molecule has 0 unspecified atom stereocenters. The largest absolute Gasteiger partial charge is 0.390 e. The van der Waals surface area contributed by atoms with Gasteiger partial charge in [0.2, 0.25) is 5.91 Å². The number of benzene rings is 1. The predicted molar refractivity (Wildman–Crippen MR) is 99.4 cm³/mol. The molecule has 1 amide bonds. The molecular formula is C19H25N3O2S. The summed E-state index contributed by atoms with van der Waals surface area (Å²) in [7, 11) is 0. The van der Waals surface area contributed by atoms with Crippen molar-refractivity contribution in [1.29, 1.82) is 0 Å². The molecule has 134 valence electrons. The fourth-order valence-corrected chi connectivity index (χ4v) is 3.69. The van der Waals surface area contributed by atoms with E-state index in [1.807, 2.05) is 10.9 Å². The Morgan fingerprint density at radius 2 is 2.20 bits per heavy atom. The maximum atomic E-state index is 12.2. The number of hydrogen-bond acceptors (Lipinski definition) is 5. The molecule has 1 saturated heterocycles. The normalized spacial score (nSPS) is 21.2. The van der Waals surface area contributed by atoms with Gasteiger partial charge in [-0.2, -0.15) is 0 Å². The van der Waals surface area contributed by atoms with Crippen LogP contribution in [0, 0.1) is 6.92 Å². The van der Waals surface area contributed by atoms with Crippen LogP contribution in [-0.4, -0.2) is 46.1 Å². The molecule has 0 saturated carbocycles. The molecule has 1 aromatic heterocycles. The first-order chi connectivity index (χ1) is 12.1. The lowest BCUT2D eigenvalue weighted by molar-refractivity contribution is -0.123. The van der Waals surface area contributed by atoms with Crippen molar-refractivity contribution in [2.24, 2.45) is 0 Å². The Labute approximate surface area is 152 Å². The number of carbonyl (C=O) groups excluding carboxylic acids is 1. The van der Waals surface area contributed by atoms with Crippen molar-refractivity contribution in [3.05, 3.63) is 52.0 Å². The molecule has 2 heterocycles. The molecule has 0 bridgehead atoms. The summed E-state index contributed by atoms with van der Waals surface area (Å²) in [6.45, 7) is 4.24. The van der Waals surface area contributed by atoms with Crippen LogP contribution in [0.4, 0.5) is 0 Å². The molecule has 1 fully saturated rings. The van der Waals surface area contributed by atoms with Crippen molar-refractivity contribution in [3.63, 3.8) is 0 Å². The third-order valence-electron chi connectivity index (χ3n) is 4.64. The summed E-state index contributed by atoms with van der Waals surface area (Å²) in [5.74, 6) is 0.0116. The summed E-state index contributed by atoms with van der Waals surface area (Å²) in [6, 6.07) is 8.10. The number of thiazole rings is 1. The van der Waals surface area contributed by atoms with E-state index < -0.39 is 6.10 Å². The van der Waals surface area contributed by atoms with E-state index in [1.165, 1.54) is 11.1 Å². The fraction of sp³-hybridized carbons (Fsp3) is 0.474. The highest BCUT2D eigenvalue weighted by Gasteiger charge is 2.28. The number of piperidine rings is 1. The van der Waals surface area contributed by atoms with E-state index in [0.29, 0.717) is 13.0 Å². The number of nitrogens with zero attached hydrogens (tertiary/aromatic N) is 2.